The highest BCUT2D eigenvalue weighted by atomic mass is 32.2. The Balaban J connectivity index is 2.83. The van der Waals surface area contributed by atoms with Crippen molar-refractivity contribution in [2.45, 2.75) is 13.1 Å². The highest BCUT2D eigenvalue weighted by molar-refractivity contribution is 8.13. The average molecular weight is 249 g/mol. The molecule has 0 aliphatic heterocycles. The summed E-state index contributed by atoms with van der Waals surface area (Å²) in [5.74, 6) is 0.805. The summed E-state index contributed by atoms with van der Waals surface area (Å²) in [6.07, 6.45) is -4.30. The smallest absolute Gasteiger partial charge is 0.281 e. The van der Waals surface area contributed by atoms with Gasteiger partial charge in [-0.2, -0.15) is 13.2 Å². The van der Waals surface area contributed by atoms with Gasteiger partial charge in [-0.05, 0) is 36.0 Å². The van der Waals surface area contributed by atoms with Gasteiger partial charge in [0.1, 0.15) is 5.69 Å². The van der Waals surface area contributed by atoms with Crippen molar-refractivity contribution in [1.29, 1.82) is 0 Å². The van der Waals surface area contributed by atoms with Crippen molar-refractivity contribution in [3.05, 3.63) is 29.8 Å². The fourth-order valence-corrected chi connectivity index (χ4v) is 1.58. The molecule has 0 spiro atoms. The van der Waals surface area contributed by atoms with Gasteiger partial charge in [0.05, 0.1) is 5.56 Å². The molecule has 0 heterocycles. The quantitative estimate of drug-likeness (QED) is 0.615. The minimum atomic E-state index is -4.30. The number of benzene rings is 1. The fraction of sp³-hybridized carbons (Fsp3) is 0.300. The maximum absolute atomic E-state index is 12.2. The summed E-state index contributed by atoms with van der Waals surface area (Å²) in [6.45, 7) is 1.94. The Bertz CT molecular complexity index is 371. The number of alkyl halides is 3. The third-order valence-electron chi connectivity index (χ3n) is 1.78. The lowest BCUT2D eigenvalue weighted by atomic mass is 10.2. The molecule has 0 aliphatic carbocycles. The molecule has 16 heavy (non-hydrogen) atoms. The molecule has 0 aromatic heterocycles. The van der Waals surface area contributed by atoms with E-state index in [1.165, 1.54) is 23.9 Å². The lowest BCUT2D eigenvalue weighted by Crippen LogP contribution is -2.68. The molecule has 3 N–H and O–H groups in total. The third-order valence-corrected chi connectivity index (χ3v) is 2.48. The Hall–Kier alpha value is -1.17. The van der Waals surface area contributed by atoms with E-state index in [1.54, 1.807) is 0 Å². The van der Waals surface area contributed by atoms with Crippen molar-refractivity contribution in [2.75, 3.05) is 5.75 Å². The van der Waals surface area contributed by atoms with Crippen LogP contribution in [0.2, 0.25) is 0 Å². The molecule has 88 valence electrons. The van der Waals surface area contributed by atoms with Crippen LogP contribution in [0.1, 0.15) is 12.5 Å². The average Bonchev–Trinajstić information content (AvgIpc) is 2.17. The Morgan fingerprint density at radius 1 is 1.31 bits per heavy atom. The van der Waals surface area contributed by atoms with Crippen LogP contribution in [0.15, 0.2) is 24.3 Å². The minimum absolute atomic E-state index is 0.474. The predicted octanol–water partition coefficient (Wildman–Crippen LogP) is 1.49. The van der Waals surface area contributed by atoms with E-state index < -0.39 is 11.7 Å². The summed E-state index contributed by atoms with van der Waals surface area (Å²) < 4.78 is 36.7. The van der Waals surface area contributed by atoms with Crippen LogP contribution in [0.5, 0.6) is 0 Å². The van der Waals surface area contributed by atoms with Crippen molar-refractivity contribution in [1.82, 2.24) is 0 Å². The van der Waals surface area contributed by atoms with Crippen LogP contribution in [0, 0.1) is 0 Å². The van der Waals surface area contributed by atoms with E-state index in [0.29, 0.717) is 10.9 Å². The highest BCUT2D eigenvalue weighted by Crippen LogP contribution is 2.29. The molecule has 0 saturated heterocycles. The maximum atomic E-state index is 12.2. The second-order valence-electron chi connectivity index (χ2n) is 3.00. The van der Waals surface area contributed by atoms with E-state index in [1.807, 2.05) is 6.92 Å². The van der Waals surface area contributed by atoms with Crippen molar-refractivity contribution >= 4 is 22.6 Å². The van der Waals surface area contributed by atoms with Gasteiger partial charge in [0.25, 0.3) is 0 Å². The number of nitrogens with two attached hydrogens (primary N) is 1. The molecule has 1 aromatic rings. The van der Waals surface area contributed by atoms with Gasteiger partial charge in [0.2, 0.25) is 0 Å². The lowest BCUT2D eigenvalue weighted by molar-refractivity contribution is -0.351. The zero-order valence-electron chi connectivity index (χ0n) is 8.64. The van der Waals surface area contributed by atoms with E-state index in [2.05, 4.69) is 4.99 Å². The molecule has 0 saturated carbocycles. The first-order valence-corrected chi connectivity index (χ1v) is 5.61. The van der Waals surface area contributed by atoms with Crippen molar-refractivity contribution < 1.29 is 18.2 Å². The Kier molecular flexibility index (Phi) is 4.23. The van der Waals surface area contributed by atoms with Gasteiger partial charge >= 0.3 is 11.3 Å². The van der Waals surface area contributed by atoms with Crippen LogP contribution in [-0.2, 0) is 6.18 Å². The molecule has 0 fully saturated rings. The molecule has 2 nitrogen and oxygen atoms in total. The van der Waals surface area contributed by atoms with Gasteiger partial charge in [0.15, 0.2) is 0 Å². The van der Waals surface area contributed by atoms with Crippen LogP contribution in [0.4, 0.5) is 18.9 Å². The molecule has 0 atom stereocenters. The summed E-state index contributed by atoms with van der Waals surface area (Å²) in [4.78, 5) is 2.81. The van der Waals surface area contributed by atoms with E-state index >= 15 is 0 Å². The van der Waals surface area contributed by atoms with Crippen LogP contribution >= 0.6 is 11.8 Å². The van der Waals surface area contributed by atoms with Crippen molar-refractivity contribution in [3.8, 4) is 0 Å². The second-order valence-corrected chi connectivity index (χ2v) is 4.30. The van der Waals surface area contributed by atoms with Gasteiger partial charge in [-0.3, -0.25) is 5.73 Å². The van der Waals surface area contributed by atoms with Gasteiger partial charge in [0, 0.05) is 5.75 Å². The largest absolute Gasteiger partial charge is 0.416 e. The molecule has 0 bridgehead atoms. The summed E-state index contributed by atoms with van der Waals surface area (Å²) in [5, 5.41) is 0.474. The topological polar surface area (TPSA) is 40.0 Å². The summed E-state index contributed by atoms with van der Waals surface area (Å²) >= 11 is 1.40. The monoisotopic (exact) mass is 249 g/mol. The molecule has 1 aromatic carbocycles. The van der Waals surface area contributed by atoms with Crippen molar-refractivity contribution in [2.24, 2.45) is 5.73 Å². The Morgan fingerprint density at radius 2 is 1.88 bits per heavy atom. The first-order valence-electron chi connectivity index (χ1n) is 4.63. The number of halogens is 3. The second kappa shape index (κ2) is 5.25. The van der Waals surface area contributed by atoms with Crippen LogP contribution < -0.4 is 10.7 Å². The van der Waals surface area contributed by atoms with Gasteiger partial charge in [-0.25, -0.2) is 4.99 Å². The zero-order valence-corrected chi connectivity index (χ0v) is 9.45. The number of nitrogens with one attached hydrogen (secondary N) is 1. The van der Waals surface area contributed by atoms with Gasteiger partial charge in [-0.1, -0.05) is 6.92 Å². The maximum Gasteiger partial charge on any atom is 0.416 e. The molecule has 0 amide bonds. The number of hydrogen-bond acceptors (Lipinski definition) is 1. The molecular weight excluding hydrogens is 237 g/mol. The van der Waals surface area contributed by atoms with Crippen LogP contribution in [-0.4, -0.2) is 10.9 Å². The number of rotatable bonds is 2. The standard InChI is InChI=1S/C10H11F3N2S/c1-2-16-9(14)15-8-5-3-7(4-6-8)10(11,12)13/h3-6H,2H2,1H3,(H2,14,15)/p+1. The summed E-state index contributed by atoms with van der Waals surface area (Å²) in [6, 6.07) is 4.75. The Labute approximate surface area is 95.7 Å². The third kappa shape index (κ3) is 3.77. The normalized spacial score (nSPS) is 12.9. The SMILES string of the molecule is CCSC(N)=[NH+]c1ccc(C(F)(F)F)cc1. The summed E-state index contributed by atoms with van der Waals surface area (Å²) in [5.41, 5.74) is 5.47. The van der Waals surface area contributed by atoms with E-state index in [0.717, 1.165) is 17.9 Å². The van der Waals surface area contributed by atoms with E-state index in [-0.39, 0.29) is 0 Å². The van der Waals surface area contributed by atoms with Crippen LogP contribution in [0.3, 0.4) is 0 Å². The van der Waals surface area contributed by atoms with Gasteiger partial charge in [-0.15, -0.1) is 0 Å². The molecule has 1 rings (SSSR count). The van der Waals surface area contributed by atoms with Gasteiger partial charge < -0.3 is 0 Å². The lowest BCUT2D eigenvalue weighted by Gasteiger charge is -2.05. The molecule has 0 radical (unpaired) electrons. The van der Waals surface area contributed by atoms with Crippen molar-refractivity contribution in [3.63, 3.8) is 0 Å². The van der Waals surface area contributed by atoms with E-state index in [9.17, 15) is 13.2 Å². The number of thioether (sulfide) groups is 1. The molecule has 0 unspecified atom stereocenters. The number of amidine groups is 1. The predicted molar refractivity (Wildman–Crippen MR) is 59.4 cm³/mol. The first-order chi connectivity index (χ1) is 7.43. The van der Waals surface area contributed by atoms with Crippen LogP contribution in [0.25, 0.3) is 0 Å². The van der Waals surface area contributed by atoms with E-state index in [4.69, 9.17) is 5.73 Å². The summed E-state index contributed by atoms with van der Waals surface area (Å²) in [7, 11) is 0. The number of hydrogen-bond donors (Lipinski definition) is 2. The molecule has 6 heteroatoms. The first kappa shape index (κ1) is 12.9. The molecule has 0 aliphatic rings. The highest BCUT2D eigenvalue weighted by Gasteiger charge is 2.30. The minimum Gasteiger partial charge on any atom is -0.281 e. The zero-order chi connectivity index (χ0) is 12.2. The Morgan fingerprint density at radius 3 is 2.31 bits per heavy atom. The molecular formula is C10H12F3N2S+. The fourth-order valence-electron chi connectivity index (χ4n) is 1.08.